The third-order valence-electron chi connectivity index (χ3n) is 5.06. The maximum atomic E-state index is 13.0. The molecule has 140 valence electrons. The molecule has 0 saturated heterocycles. The largest absolute Gasteiger partial charge is 0.494 e. The van der Waals surface area contributed by atoms with E-state index in [0.29, 0.717) is 23.2 Å². The van der Waals surface area contributed by atoms with Crippen molar-refractivity contribution in [1.82, 2.24) is 10.6 Å². The van der Waals surface area contributed by atoms with Crippen LogP contribution in [0, 0.1) is 5.92 Å². The Balaban J connectivity index is 1.93. The number of carbonyl (C=O) groups excluding carboxylic acids is 1. The lowest BCUT2D eigenvalue weighted by molar-refractivity contribution is -0.146. The van der Waals surface area contributed by atoms with Gasteiger partial charge in [-0.05, 0) is 57.3 Å². The highest BCUT2D eigenvalue weighted by molar-refractivity contribution is 7.80. The van der Waals surface area contributed by atoms with E-state index in [-0.39, 0.29) is 12.1 Å². The monoisotopic (exact) mass is 374 g/mol. The molecule has 0 bridgehead atoms. The maximum absolute atomic E-state index is 13.0. The van der Waals surface area contributed by atoms with Crippen molar-refractivity contribution >= 4 is 23.3 Å². The summed E-state index contributed by atoms with van der Waals surface area (Å²) in [6, 6.07) is 7.32. The van der Waals surface area contributed by atoms with E-state index in [4.69, 9.17) is 21.7 Å². The van der Waals surface area contributed by atoms with Gasteiger partial charge in [0.15, 0.2) is 5.11 Å². The highest BCUT2D eigenvalue weighted by Gasteiger charge is 2.35. The minimum absolute atomic E-state index is 0.0144. The average Bonchev–Trinajstić information content (AvgIpc) is 2.99. The zero-order valence-electron chi connectivity index (χ0n) is 15.5. The van der Waals surface area contributed by atoms with Crippen molar-refractivity contribution in [2.24, 2.45) is 5.92 Å². The molecule has 0 unspecified atom stereocenters. The molecule has 0 aromatic heterocycles. The standard InChI is InChI=1S/C20H26N2O3S/c1-4-24-16-10-6-5-9-14(16)18-17(13(3)21-20(26)22-18)19(23)25-15-11-7-8-12(15)2/h5-6,9-10,12,15,18H,4,7-8,11H2,1-3H3,(H2,21,22,26)/t12-,15-,18-/m0/s1. The lowest BCUT2D eigenvalue weighted by atomic mass is 9.94. The number of hydrogen-bond donors (Lipinski definition) is 2. The minimum Gasteiger partial charge on any atom is -0.494 e. The van der Waals surface area contributed by atoms with Crippen LogP contribution in [0.25, 0.3) is 0 Å². The SMILES string of the molecule is CCOc1ccccc1[C@@H]1NC(=S)NC(C)=C1C(=O)O[C@H]1CCC[C@@H]1C. The smallest absolute Gasteiger partial charge is 0.338 e. The first-order valence-electron chi connectivity index (χ1n) is 9.22. The summed E-state index contributed by atoms with van der Waals surface area (Å²) in [4.78, 5) is 13.0. The summed E-state index contributed by atoms with van der Waals surface area (Å²) in [5.41, 5.74) is 2.16. The predicted molar refractivity (Wildman–Crippen MR) is 105 cm³/mol. The Labute approximate surface area is 160 Å². The van der Waals surface area contributed by atoms with E-state index in [0.717, 1.165) is 36.3 Å². The fourth-order valence-corrected chi connectivity index (χ4v) is 3.96. The third kappa shape index (κ3) is 3.85. The lowest BCUT2D eigenvalue weighted by Gasteiger charge is -2.31. The molecule has 3 atom stereocenters. The van der Waals surface area contributed by atoms with E-state index in [1.165, 1.54) is 0 Å². The molecule has 26 heavy (non-hydrogen) atoms. The first kappa shape index (κ1) is 18.7. The Morgan fingerprint density at radius 3 is 2.77 bits per heavy atom. The van der Waals surface area contributed by atoms with Crippen LogP contribution in [0.5, 0.6) is 5.75 Å². The molecule has 1 heterocycles. The Bertz CT molecular complexity index is 732. The second-order valence-corrected chi connectivity index (χ2v) is 7.30. The van der Waals surface area contributed by atoms with Crippen LogP contribution in [0.2, 0.25) is 0 Å². The summed E-state index contributed by atoms with van der Waals surface area (Å²) >= 11 is 5.32. The van der Waals surface area contributed by atoms with Gasteiger partial charge in [-0.3, -0.25) is 0 Å². The third-order valence-corrected chi connectivity index (χ3v) is 5.28. The number of nitrogens with one attached hydrogen (secondary N) is 2. The number of allylic oxidation sites excluding steroid dienone is 1. The number of carbonyl (C=O) groups is 1. The Morgan fingerprint density at radius 1 is 1.31 bits per heavy atom. The molecule has 1 saturated carbocycles. The molecule has 1 aliphatic heterocycles. The summed E-state index contributed by atoms with van der Waals surface area (Å²) in [6.07, 6.45) is 3.12. The Morgan fingerprint density at radius 2 is 2.08 bits per heavy atom. The molecule has 0 radical (unpaired) electrons. The van der Waals surface area contributed by atoms with Gasteiger partial charge in [-0.25, -0.2) is 4.79 Å². The fourth-order valence-electron chi connectivity index (χ4n) is 3.69. The van der Waals surface area contributed by atoms with Crippen LogP contribution >= 0.6 is 12.2 Å². The van der Waals surface area contributed by atoms with E-state index < -0.39 is 6.04 Å². The van der Waals surface area contributed by atoms with E-state index in [2.05, 4.69) is 17.6 Å². The predicted octanol–water partition coefficient (Wildman–Crippen LogP) is 3.61. The van der Waals surface area contributed by atoms with Crippen LogP contribution in [0.15, 0.2) is 35.5 Å². The van der Waals surface area contributed by atoms with E-state index in [1.807, 2.05) is 38.1 Å². The molecular weight excluding hydrogens is 348 g/mol. The molecule has 2 aliphatic rings. The summed E-state index contributed by atoms with van der Waals surface area (Å²) in [5.74, 6) is 0.851. The number of ether oxygens (including phenoxy) is 2. The van der Waals surface area contributed by atoms with Crippen LogP contribution in [0.1, 0.15) is 51.6 Å². The molecule has 6 heteroatoms. The minimum atomic E-state index is -0.393. The van der Waals surface area contributed by atoms with Gasteiger partial charge in [0.2, 0.25) is 0 Å². The van der Waals surface area contributed by atoms with Gasteiger partial charge in [0.25, 0.3) is 0 Å². The Hall–Kier alpha value is -2.08. The van der Waals surface area contributed by atoms with Crippen molar-refractivity contribution in [2.45, 2.75) is 52.2 Å². The number of thiocarbonyl (C=S) groups is 1. The van der Waals surface area contributed by atoms with Crippen molar-refractivity contribution in [3.05, 3.63) is 41.1 Å². The quantitative estimate of drug-likeness (QED) is 0.606. The van der Waals surface area contributed by atoms with Crippen LogP contribution in [-0.2, 0) is 9.53 Å². The molecule has 2 N–H and O–H groups in total. The molecule has 1 fully saturated rings. The zero-order valence-corrected chi connectivity index (χ0v) is 16.3. The van der Waals surface area contributed by atoms with E-state index in [9.17, 15) is 4.79 Å². The highest BCUT2D eigenvalue weighted by Crippen LogP contribution is 2.35. The number of benzene rings is 1. The molecular formula is C20H26N2O3S. The van der Waals surface area contributed by atoms with Gasteiger partial charge in [-0.1, -0.05) is 25.1 Å². The van der Waals surface area contributed by atoms with Gasteiger partial charge >= 0.3 is 5.97 Å². The van der Waals surface area contributed by atoms with Crippen molar-refractivity contribution < 1.29 is 14.3 Å². The average molecular weight is 375 g/mol. The van der Waals surface area contributed by atoms with Crippen molar-refractivity contribution in [3.8, 4) is 5.75 Å². The molecule has 1 aromatic rings. The number of hydrogen-bond acceptors (Lipinski definition) is 4. The van der Waals surface area contributed by atoms with Crippen LogP contribution < -0.4 is 15.4 Å². The summed E-state index contributed by atoms with van der Waals surface area (Å²) < 4.78 is 11.6. The van der Waals surface area contributed by atoms with Crippen molar-refractivity contribution in [2.75, 3.05) is 6.61 Å². The molecule has 0 amide bonds. The van der Waals surface area contributed by atoms with E-state index in [1.54, 1.807) is 0 Å². The van der Waals surface area contributed by atoms with Crippen molar-refractivity contribution in [1.29, 1.82) is 0 Å². The normalized spacial score (nSPS) is 25.5. The van der Waals surface area contributed by atoms with Crippen molar-refractivity contribution in [3.63, 3.8) is 0 Å². The Kier molecular flexibility index (Phi) is 5.81. The van der Waals surface area contributed by atoms with Gasteiger partial charge in [0.1, 0.15) is 11.9 Å². The van der Waals surface area contributed by atoms with Gasteiger partial charge in [0, 0.05) is 11.3 Å². The number of para-hydroxylation sites is 1. The van der Waals surface area contributed by atoms with E-state index >= 15 is 0 Å². The van der Waals surface area contributed by atoms with Crippen LogP contribution in [-0.4, -0.2) is 23.8 Å². The fraction of sp³-hybridized carbons (Fsp3) is 0.500. The van der Waals surface area contributed by atoms with Crippen LogP contribution in [0.4, 0.5) is 0 Å². The second-order valence-electron chi connectivity index (χ2n) is 6.89. The van der Waals surface area contributed by atoms with Gasteiger partial charge in [-0.15, -0.1) is 0 Å². The van der Waals surface area contributed by atoms with Gasteiger partial charge in [0.05, 0.1) is 18.2 Å². The number of esters is 1. The maximum Gasteiger partial charge on any atom is 0.338 e. The topological polar surface area (TPSA) is 59.6 Å². The summed E-state index contributed by atoms with van der Waals surface area (Å²) in [6.45, 7) is 6.49. The summed E-state index contributed by atoms with van der Waals surface area (Å²) in [7, 11) is 0. The first-order valence-corrected chi connectivity index (χ1v) is 9.63. The second kappa shape index (κ2) is 8.08. The zero-order chi connectivity index (χ0) is 18.7. The molecule has 1 aliphatic carbocycles. The highest BCUT2D eigenvalue weighted by atomic mass is 32.1. The molecule has 0 spiro atoms. The van der Waals surface area contributed by atoms with Gasteiger partial charge < -0.3 is 20.1 Å². The molecule has 5 nitrogen and oxygen atoms in total. The lowest BCUT2D eigenvalue weighted by Crippen LogP contribution is -2.45. The molecule has 3 rings (SSSR count). The number of rotatable bonds is 5. The first-order chi connectivity index (χ1) is 12.5. The van der Waals surface area contributed by atoms with Crippen LogP contribution in [0.3, 0.4) is 0 Å². The molecule has 1 aromatic carbocycles. The van der Waals surface area contributed by atoms with Gasteiger partial charge in [-0.2, -0.15) is 0 Å². The summed E-state index contributed by atoms with van der Waals surface area (Å²) in [5, 5.41) is 6.76.